The summed E-state index contributed by atoms with van der Waals surface area (Å²) in [4.78, 5) is 28.5. The van der Waals surface area contributed by atoms with E-state index in [0.29, 0.717) is 24.6 Å². The van der Waals surface area contributed by atoms with Gasteiger partial charge in [-0.25, -0.2) is 8.42 Å². The molecule has 0 spiro atoms. The third kappa shape index (κ3) is 6.33. The molecule has 0 aromatic heterocycles. The van der Waals surface area contributed by atoms with Crippen LogP contribution in [-0.2, 0) is 10.0 Å². The molecule has 34 heavy (non-hydrogen) atoms. The maximum absolute atomic E-state index is 13.3. The highest BCUT2D eigenvalue weighted by Gasteiger charge is 2.26. The van der Waals surface area contributed by atoms with E-state index in [-0.39, 0.29) is 28.0 Å². The van der Waals surface area contributed by atoms with Crippen LogP contribution in [0.4, 0.5) is 5.69 Å². The molecule has 0 radical (unpaired) electrons. The van der Waals surface area contributed by atoms with Crippen molar-refractivity contribution >= 4 is 39.3 Å². The lowest BCUT2D eigenvalue weighted by Gasteiger charge is -2.30. The van der Waals surface area contributed by atoms with Crippen LogP contribution in [-0.4, -0.2) is 50.0 Å². The Bertz CT molecular complexity index is 1160. The molecule has 0 saturated carbocycles. The Kier molecular flexibility index (Phi) is 7.98. The fraction of sp³-hybridized carbons (Fsp3) is 0.440. The first-order valence-electron chi connectivity index (χ1n) is 11.3. The number of sulfonamides is 1. The lowest BCUT2D eigenvalue weighted by molar-refractivity contribution is 0.0693. The number of anilines is 1. The number of thioether (sulfide) groups is 1. The zero-order valence-corrected chi connectivity index (χ0v) is 22.0. The van der Waals surface area contributed by atoms with Crippen molar-refractivity contribution < 1.29 is 18.0 Å². The van der Waals surface area contributed by atoms with Gasteiger partial charge >= 0.3 is 0 Å². The lowest BCUT2D eigenvalue weighted by atomic mass is 9.98. The second-order valence-corrected chi connectivity index (χ2v) is 12.2. The van der Waals surface area contributed by atoms with Crippen molar-refractivity contribution in [1.29, 1.82) is 0 Å². The average molecular weight is 504 g/mol. The molecule has 0 bridgehead atoms. The van der Waals surface area contributed by atoms with Crippen LogP contribution in [0.5, 0.6) is 0 Å². The highest BCUT2D eigenvalue weighted by Crippen LogP contribution is 2.28. The van der Waals surface area contributed by atoms with E-state index in [0.717, 1.165) is 17.7 Å². The van der Waals surface area contributed by atoms with E-state index in [9.17, 15) is 18.0 Å². The van der Waals surface area contributed by atoms with Gasteiger partial charge in [0, 0.05) is 23.5 Å². The van der Waals surface area contributed by atoms with Crippen molar-refractivity contribution in [3.05, 3.63) is 53.6 Å². The zero-order valence-electron chi connectivity index (χ0n) is 20.3. The van der Waals surface area contributed by atoms with E-state index >= 15 is 0 Å². The van der Waals surface area contributed by atoms with Gasteiger partial charge in [0.05, 0.1) is 21.7 Å². The van der Waals surface area contributed by atoms with Crippen LogP contribution in [0.3, 0.4) is 0 Å². The minimum atomic E-state index is -4.04. The smallest absolute Gasteiger partial charge is 0.261 e. The molecule has 1 fully saturated rings. The van der Waals surface area contributed by atoms with Gasteiger partial charge in [0.25, 0.3) is 21.8 Å². The summed E-state index contributed by atoms with van der Waals surface area (Å²) < 4.78 is 29.1. The minimum absolute atomic E-state index is 0.0231. The van der Waals surface area contributed by atoms with Crippen LogP contribution < -0.4 is 10.0 Å². The normalized spacial score (nSPS) is 15.1. The molecule has 0 atom stereocenters. The summed E-state index contributed by atoms with van der Waals surface area (Å²) in [5, 5.41) is 2.85. The Morgan fingerprint density at radius 2 is 1.68 bits per heavy atom. The summed E-state index contributed by atoms with van der Waals surface area (Å²) in [5.74, 6) is 0.0486. The van der Waals surface area contributed by atoms with Gasteiger partial charge < -0.3 is 10.2 Å². The number of para-hydroxylation sites is 1. The van der Waals surface area contributed by atoms with Crippen LogP contribution >= 0.6 is 11.8 Å². The first-order valence-corrected chi connectivity index (χ1v) is 14.0. The number of hydrogen-bond donors (Lipinski definition) is 2. The minimum Gasteiger partial charge on any atom is -0.347 e. The van der Waals surface area contributed by atoms with Crippen molar-refractivity contribution in [2.24, 2.45) is 5.92 Å². The van der Waals surface area contributed by atoms with Gasteiger partial charge in [-0.3, -0.25) is 14.3 Å². The lowest BCUT2D eigenvalue weighted by Crippen LogP contribution is -2.40. The number of hydrogen-bond acceptors (Lipinski definition) is 5. The molecule has 2 aromatic rings. The van der Waals surface area contributed by atoms with E-state index in [1.54, 1.807) is 35.2 Å². The van der Waals surface area contributed by atoms with Crippen molar-refractivity contribution in [2.75, 3.05) is 24.1 Å². The Balaban J connectivity index is 1.91. The monoisotopic (exact) mass is 503 g/mol. The Morgan fingerprint density at radius 1 is 1.03 bits per heavy atom. The number of nitrogens with one attached hydrogen (secondary N) is 2. The van der Waals surface area contributed by atoms with Gasteiger partial charge in [-0.1, -0.05) is 19.1 Å². The molecule has 1 saturated heterocycles. The van der Waals surface area contributed by atoms with Gasteiger partial charge in [-0.15, -0.1) is 11.8 Å². The first kappa shape index (κ1) is 26.1. The van der Waals surface area contributed by atoms with E-state index in [1.807, 2.05) is 27.0 Å². The molecule has 2 amide bonds. The summed E-state index contributed by atoms with van der Waals surface area (Å²) in [6.45, 7) is 9.07. The number of carbonyl (C=O) groups is 2. The van der Waals surface area contributed by atoms with E-state index in [1.165, 1.54) is 23.9 Å². The van der Waals surface area contributed by atoms with Gasteiger partial charge in [0.2, 0.25) is 0 Å². The number of piperidine rings is 1. The molecule has 7 nitrogen and oxygen atoms in total. The SMILES string of the molecule is CSc1ccc(S(=O)(=O)Nc2ccccc2C(=O)NC(C)(C)C)cc1C(=O)N1CCC(C)CC1. The molecule has 184 valence electrons. The summed E-state index contributed by atoms with van der Waals surface area (Å²) in [6.07, 6.45) is 3.74. The second kappa shape index (κ2) is 10.4. The molecule has 0 unspecified atom stereocenters. The third-order valence-corrected chi connectivity index (χ3v) is 7.85. The fourth-order valence-corrected chi connectivity index (χ4v) is 5.46. The van der Waals surface area contributed by atoms with Crippen molar-refractivity contribution in [1.82, 2.24) is 10.2 Å². The quantitative estimate of drug-likeness (QED) is 0.562. The van der Waals surface area contributed by atoms with Gasteiger partial charge in [-0.05, 0) is 76.1 Å². The van der Waals surface area contributed by atoms with Gasteiger partial charge in [0.1, 0.15) is 0 Å². The van der Waals surface area contributed by atoms with E-state index in [4.69, 9.17) is 0 Å². The molecule has 3 rings (SSSR count). The summed E-state index contributed by atoms with van der Waals surface area (Å²) in [5.41, 5.74) is 0.304. The van der Waals surface area contributed by atoms with Crippen molar-refractivity contribution in [3.8, 4) is 0 Å². The predicted octanol–water partition coefficient (Wildman–Crippen LogP) is 4.61. The topological polar surface area (TPSA) is 95.6 Å². The Labute approximate surface area is 206 Å². The molecule has 0 aliphatic carbocycles. The largest absolute Gasteiger partial charge is 0.347 e. The van der Waals surface area contributed by atoms with E-state index in [2.05, 4.69) is 17.0 Å². The van der Waals surface area contributed by atoms with E-state index < -0.39 is 15.6 Å². The molecule has 1 heterocycles. The van der Waals surface area contributed by atoms with Crippen LogP contribution in [0, 0.1) is 5.92 Å². The number of amides is 2. The zero-order chi connectivity index (χ0) is 25.1. The highest BCUT2D eigenvalue weighted by molar-refractivity contribution is 7.98. The van der Waals surface area contributed by atoms with Gasteiger partial charge in [0.15, 0.2) is 0 Å². The van der Waals surface area contributed by atoms with Gasteiger partial charge in [-0.2, -0.15) is 0 Å². The third-order valence-electron chi connectivity index (χ3n) is 5.69. The number of likely N-dealkylation sites (tertiary alicyclic amines) is 1. The first-order chi connectivity index (χ1) is 15.9. The predicted molar refractivity (Wildman–Crippen MR) is 137 cm³/mol. The molecule has 1 aliphatic rings. The molecule has 1 aliphatic heterocycles. The standard InChI is InChI=1S/C25H33N3O4S2/c1-17-12-14-28(15-13-17)24(30)20-16-18(10-11-22(20)33-5)34(31,32)27-21-9-7-6-8-19(21)23(29)26-25(2,3)4/h6-11,16-17,27H,12-15H2,1-5H3,(H,26,29). The summed E-state index contributed by atoms with van der Waals surface area (Å²) in [7, 11) is -4.04. The Morgan fingerprint density at radius 3 is 2.29 bits per heavy atom. The number of rotatable bonds is 6. The number of benzene rings is 2. The molecular formula is C25H33N3O4S2. The molecule has 2 aromatic carbocycles. The number of nitrogens with zero attached hydrogens (tertiary/aromatic N) is 1. The highest BCUT2D eigenvalue weighted by atomic mass is 32.2. The van der Waals surface area contributed by atoms with Crippen LogP contribution in [0.2, 0.25) is 0 Å². The fourth-order valence-electron chi connectivity index (χ4n) is 3.79. The molecular weight excluding hydrogens is 470 g/mol. The number of carbonyl (C=O) groups excluding carboxylic acids is 2. The molecule has 2 N–H and O–H groups in total. The van der Waals surface area contributed by atoms with Crippen molar-refractivity contribution in [3.63, 3.8) is 0 Å². The summed E-state index contributed by atoms with van der Waals surface area (Å²) >= 11 is 1.41. The second-order valence-electron chi connectivity index (χ2n) is 9.69. The average Bonchev–Trinajstić information content (AvgIpc) is 2.77. The van der Waals surface area contributed by atoms with Crippen molar-refractivity contribution in [2.45, 2.75) is 55.9 Å². The maximum Gasteiger partial charge on any atom is 0.261 e. The van der Waals surface area contributed by atoms with Crippen LogP contribution in [0.15, 0.2) is 52.3 Å². The Hall–Kier alpha value is -2.52. The maximum atomic E-state index is 13.3. The van der Waals surface area contributed by atoms with Crippen LogP contribution in [0.1, 0.15) is 61.3 Å². The van der Waals surface area contributed by atoms with Crippen LogP contribution in [0.25, 0.3) is 0 Å². The summed E-state index contributed by atoms with van der Waals surface area (Å²) in [6, 6.07) is 11.0. The molecule has 9 heteroatoms.